The first-order chi connectivity index (χ1) is 16.6. The molecule has 3 aromatic carbocycles. The number of anilines is 2. The van der Waals surface area contributed by atoms with Crippen LogP contribution >= 0.6 is 0 Å². The molecule has 0 aliphatic rings. The molecule has 1 heterocycles. The number of rotatable bonds is 9. The number of hydrogen-bond acceptors (Lipinski definition) is 4. The van der Waals surface area contributed by atoms with Gasteiger partial charge >= 0.3 is 0 Å². The van der Waals surface area contributed by atoms with Gasteiger partial charge in [0.15, 0.2) is 6.61 Å². The van der Waals surface area contributed by atoms with Gasteiger partial charge in [-0.2, -0.15) is 0 Å². The van der Waals surface area contributed by atoms with Crippen LogP contribution in [0, 0.1) is 13.8 Å². The second-order valence-electron chi connectivity index (χ2n) is 8.28. The van der Waals surface area contributed by atoms with Gasteiger partial charge in [0.05, 0.1) is 11.4 Å². The maximum Gasteiger partial charge on any atom is 0.262 e. The van der Waals surface area contributed by atoms with Crippen LogP contribution in [0.2, 0.25) is 0 Å². The van der Waals surface area contributed by atoms with Gasteiger partial charge < -0.3 is 15.0 Å². The van der Waals surface area contributed by atoms with E-state index in [0.29, 0.717) is 11.4 Å². The summed E-state index contributed by atoms with van der Waals surface area (Å²) in [5.41, 5.74) is 5.01. The number of hydrogen-bond donors (Lipinski definition) is 1. The Balaban J connectivity index is 1.45. The molecule has 0 radical (unpaired) electrons. The highest BCUT2D eigenvalue weighted by Gasteiger charge is 2.13. The van der Waals surface area contributed by atoms with Crippen molar-refractivity contribution in [3.05, 3.63) is 119 Å². The summed E-state index contributed by atoms with van der Waals surface area (Å²) in [6.07, 6.45) is 0. The van der Waals surface area contributed by atoms with Crippen molar-refractivity contribution >= 4 is 17.4 Å². The molecule has 1 aromatic heterocycles. The molecule has 0 saturated carbocycles. The monoisotopic (exact) mass is 451 g/mol. The number of amides is 1. The molecule has 1 N–H and O–H groups in total. The number of aromatic nitrogens is 1. The van der Waals surface area contributed by atoms with Gasteiger partial charge in [-0.25, -0.2) is 4.98 Å². The molecule has 0 atom stereocenters. The maximum atomic E-state index is 12.4. The first-order valence-electron chi connectivity index (χ1n) is 11.4. The van der Waals surface area contributed by atoms with Crippen molar-refractivity contribution in [1.82, 2.24) is 4.98 Å². The summed E-state index contributed by atoms with van der Waals surface area (Å²) in [4.78, 5) is 19.5. The minimum atomic E-state index is -0.219. The van der Waals surface area contributed by atoms with Crippen LogP contribution in [0.4, 0.5) is 11.5 Å². The fourth-order valence-electron chi connectivity index (χ4n) is 3.65. The fourth-order valence-corrected chi connectivity index (χ4v) is 3.65. The van der Waals surface area contributed by atoms with Gasteiger partial charge in [0, 0.05) is 13.1 Å². The van der Waals surface area contributed by atoms with Gasteiger partial charge in [0.1, 0.15) is 11.6 Å². The zero-order chi connectivity index (χ0) is 23.8. The topological polar surface area (TPSA) is 54.5 Å². The highest BCUT2D eigenvalue weighted by Crippen LogP contribution is 2.23. The molecule has 0 unspecified atom stereocenters. The van der Waals surface area contributed by atoms with E-state index in [4.69, 9.17) is 9.72 Å². The summed E-state index contributed by atoms with van der Waals surface area (Å²) < 4.78 is 5.59. The molecule has 172 valence electrons. The lowest BCUT2D eigenvalue weighted by molar-refractivity contribution is -0.118. The predicted octanol–water partition coefficient (Wildman–Crippen LogP) is 5.92. The van der Waals surface area contributed by atoms with Gasteiger partial charge in [0.2, 0.25) is 0 Å². The van der Waals surface area contributed by atoms with Crippen molar-refractivity contribution < 1.29 is 9.53 Å². The summed E-state index contributed by atoms with van der Waals surface area (Å²) in [5.74, 6) is 1.31. The second-order valence-corrected chi connectivity index (χ2v) is 8.28. The normalized spacial score (nSPS) is 10.5. The average Bonchev–Trinajstić information content (AvgIpc) is 2.86. The number of nitrogens with one attached hydrogen (secondary N) is 1. The lowest BCUT2D eigenvalue weighted by Crippen LogP contribution is -2.24. The highest BCUT2D eigenvalue weighted by atomic mass is 16.5. The van der Waals surface area contributed by atoms with E-state index >= 15 is 0 Å². The minimum Gasteiger partial charge on any atom is -0.484 e. The van der Waals surface area contributed by atoms with Crippen LogP contribution in [0.5, 0.6) is 5.75 Å². The number of pyridine rings is 1. The van der Waals surface area contributed by atoms with Gasteiger partial charge in [-0.1, -0.05) is 78.4 Å². The van der Waals surface area contributed by atoms with Crippen molar-refractivity contribution in [1.29, 1.82) is 0 Å². The molecule has 0 aliphatic heterocycles. The Morgan fingerprint density at radius 1 is 0.794 bits per heavy atom. The van der Waals surface area contributed by atoms with Crippen molar-refractivity contribution in [3.63, 3.8) is 0 Å². The van der Waals surface area contributed by atoms with Crippen molar-refractivity contribution in [2.75, 3.05) is 16.8 Å². The Kier molecular flexibility index (Phi) is 7.56. The van der Waals surface area contributed by atoms with Gasteiger partial charge in [0.25, 0.3) is 5.91 Å². The molecule has 34 heavy (non-hydrogen) atoms. The molecule has 0 saturated heterocycles. The van der Waals surface area contributed by atoms with E-state index in [1.807, 2.05) is 86.6 Å². The summed E-state index contributed by atoms with van der Waals surface area (Å²) in [6.45, 7) is 5.33. The van der Waals surface area contributed by atoms with Crippen LogP contribution in [-0.4, -0.2) is 17.5 Å². The zero-order valence-electron chi connectivity index (χ0n) is 19.6. The average molecular weight is 452 g/mol. The van der Waals surface area contributed by atoms with Crippen molar-refractivity contribution in [2.24, 2.45) is 0 Å². The molecule has 4 aromatic rings. The fraction of sp³-hybridized carbons (Fsp3) is 0.172. The van der Waals surface area contributed by atoms with E-state index < -0.39 is 0 Å². The van der Waals surface area contributed by atoms with Crippen molar-refractivity contribution in [3.8, 4) is 5.75 Å². The van der Waals surface area contributed by atoms with E-state index in [1.165, 1.54) is 11.1 Å². The van der Waals surface area contributed by atoms with E-state index in [-0.39, 0.29) is 12.5 Å². The van der Waals surface area contributed by atoms with E-state index in [1.54, 1.807) is 0 Å². The number of benzene rings is 3. The molecule has 0 fully saturated rings. The third-order valence-electron chi connectivity index (χ3n) is 5.49. The van der Waals surface area contributed by atoms with Crippen LogP contribution < -0.4 is 15.0 Å². The number of carbonyl (C=O) groups excluding carboxylic acids is 1. The van der Waals surface area contributed by atoms with Crippen molar-refractivity contribution in [2.45, 2.75) is 26.9 Å². The molecule has 0 bridgehead atoms. The largest absolute Gasteiger partial charge is 0.484 e. The first kappa shape index (κ1) is 23.1. The Morgan fingerprint density at radius 2 is 1.38 bits per heavy atom. The molecule has 0 spiro atoms. The Labute approximate surface area is 201 Å². The first-order valence-corrected chi connectivity index (χ1v) is 11.4. The summed E-state index contributed by atoms with van der Waals surface area (Å²) in [5, 5.41) is 2.91. The molecule has 1 amide bonds. The molecule has 0 aliphatic carbocycles. The number of nitrogens with zero attached hydrogens (tertiary/aromatic N) is 2. The summed E-state index contributed by atoms with van der Waals surface area (Å²) in [6, 6.07) is 32.2. The quantitative estimate of drug-likeness (QED) is 0.343. The Morgan fingerprint density at radius 3 is 1.94 bits per heavy atom. The third-order valence-corrected chi connectivity index (χ3v) is 5.49. The van der Waals surface area contributed by atoms with Gasteiger partial charge in [-0.05, 0) is 49.2 Å². The number of carbonyl (C=O) groups is 1. The molecule has 5 heteroatoms. The molecule has 5 nitrogen and oxygen atoms in total. The number of aryl methyl sites for hydroxylation is 2. The number of ether oxygens (including phenoxy) is 1. The second kappa shape index (κ2) is 11.1. The van der Waals surface area contributed by atoms with Crippen LogP contribution in [-0.2, 0) is 17.9 Å². The van der Waals surface area contributed by atoms with Gasteiger partial charge in [-0.3, -0.25) is 4.79 Å². The predicted molar refractivity (Wildman–Crippen MR) is 137 cm³/mol. The minimum absolute atomic E-state index is 0.0572. The van der Waals surface area contributed by atoms with Crippen LogP contribution in [0.25, 0.3) is 0 Å². The lowest BCUT2D eigenvalue weighted by atomic mass is 10.1. The summed E-state index contributed by atoms with van der Waals surface area (Å²) in [7, 11) is 0. The third kappa shape index (κ3) is 6.45. The molecular weight excluding hydrogens is 422 g/mol. The van der Waals surface area contributed by atoms with E-state index in [0.717, 1.165) is 30.2 Å². The maximum absolute atomic E-state index is 12.4. The summed E-state index contributed by atoms with van der Waals surface area (Å²) >= 11 is 0. The Hall–Kier alpha value is -4.12. The van der Waals surface area contributed by atoms with Crippen LogP contribution in [0.3, 0.4) is 0 Å². The van der Waals surface area contributed by atoms with Gasteiger partial charge in [-0.15, -0.1) is 0 Å². The Bertz CT molecular complexity index is 1170. The molecular formula is C29H29N3O2. The smallest absolute Gasteiger partial charge is 0.262 e. The van der Waals surface area contributed by atoms with Crippen LogP contribution in [0.15, 0.2) is 97.1 Å². The van der Waals surface area contributed by atoms with E-state index in [2.05, 4.69) is 34.5 Å². The highest BCUT2D eigenvalue weighted by molar-refractivity contribution is 5.92. The SMILES string of the molecule is Cc1ccc(OCC(=O)Nc2ccc(N(Cc3ccccc3)Cc3ccccc3)nc2C)cc1. The van der Waals surface area contributed by atoms with E-state index in [9.17, 15) is 4.79 Å². The molecule has 4 rings (SSSR count). The standard InChI is InChI=1S/C29H29N3O2/c1-22-13-15-26(16-14-22)34-21-29(33)31-27-17-18-28(30-23(27)2)32(19-24-9-5-3-6-10-24)20-25-11-7-4-8-12-25/h3-18H,19-21H2,1-2H3,(H,31,33). The zero-order valence-corrected chi connectivity index (χ0v) is 19.6. The lowest BCUT2D eigenvalue weighted by Gasteiger charge is -2.25. The van der Waals surface area contributed by atoms with Crippen LogP contribution in [0.1, 0.15) is 22.4 Å².